The van der Waals surface area contributed by atoms with Gasteiger partial charge in [-0.05, 0) is 46.2 Å². The first kappa shape index (κ1) is 19.8. The Hall–Kier alpha value is -2.57. The minimum atomic E-state index is -0.619. The Balaban J connectivity index is 1.83. The average Bonchev–Trinajstić information content (AvgIpc) is 2.92. The Morgan fingerprint density at radius 3 is 2.46 bits per heavy atom. The molecule has 1 fully saturated rings. The molecule has 0 unspecified atom stereocenters. The number of nitrogens with zero attached hydrogens (tertiary/aromatic N) is 1. The van der Waals surface area contributed by atoms with E-state index in [4.69, 9.17) is 4.74 Å². The Morgan fingerprint density at radius 1 is 1.19 bits per heavy atom. The summed E-state index contributed by atoms with van der Waals surface area (Å²) in [5.41, 5.74) is -0.0162. The summed E-state index contributed by atoms with van der Waals surface area (Å²) in [5.74, 6) is -0.344. The number of rotatable bonds is 4. The zero-order valence-corrected chi connectivity index (χ0v) is 15.7. The normalized spacial score (nSPS) is 19.8. The number of ether oxygens (including phenoxy) is 1. The standard InChI is InChI=1S/C19H27N3O4/c1-13-10-15(21-17(24)14-8-6-5-7-9-14)12-22(13)16(23)11-20-18(25)26-19(2,3)4/h5-9,13,15H,10-12H2,1-4H3,(H,20,25)(H,21,24)/t13-,15-/m1/s1. The van der Waals surface area contributed by atoms with Gasteiger partial charge in [-0.2, -0.15) is 0 Å². The Kier molecular flexibility index (Phi) is 6.23. The van der Waals surface area contributed by atoms with Crippen LogP contribution in [0.15, 0.2) is 30.3 Å². The van der Waals surface area contributed by atoms with Crippen molar-refractivity contribution in [3.8, 4) is 0 Å². The molecule has 3 amide bonds. The van der Waals surface area contributed by atoms with Crippen LogP contribution in [0.5, 0.6) is 0 Å². The monoisotopic (exact) mass is 361 g/mol. The molecule has 7 heteroatoms. The number of alkyl carbamates (subject to hydrolysis) is 1. The van der Waals surface area contributed by atoms with Gasteiger partial charge >= 0.3 is 6.09 Å². The van der Waals surface area contributed by atoms with Crippen LogP contribution in [0.2, 0.25) is 0 Å². The molecule has 1 aliphatic heterocycles. The molecule has 7 nitrogen and oxygen atoms in total. The number of likely N-dealkylation sites (tertiary alicyclic amines) is 1. The third-order valence-electron chi connectivity index (χ3n) is 4.05. The lowest BCUT2D eigenvalue weighted by Crippen LogP contribution is -2.44. The fourth-order valence-corrected chi connectivity index (χ4v) is 2.90. The summed E-state index contributed by atoms with van der Waals surface area (Å²) in [6, 6.07) is 8.86. The van der Waals surface area contributed by atoms with Crippen LogP contribution in [0, 0.1) is 0 Å². The predicted molar refractivity (Wildman–Crippen MR) is 97.7 cm³/mol. The van der Waals surface area contributed by atoms with Gasteiger partial charge in [0.1, 0.15) is 12.1 Å². The van der Waals surface area contributed by atoms with Crippen molar-refractivity contribution in [2.24, 2.45) is 0 Å². The second-order valence-electron chi connectivity index (χ2n) is 7.52. The third kappa shape index (κ3) is 5.75. The molecule has 0 bridgehead atoms. The van der Waals surface area contributed by atoms with Crippen LogP contribution in [-0.2, 0) is 9.53 Å². The summed E-state index contributed by atoms with van der Waals surface area (Å²) in [5, 5.41) is 5.44. The van der Waals surface area contributed by atoms with Gasteiger partial charge in [0.05, 0.1) is 0 Å². The van der Waals surface area contributed by atoms with E-state index in [1.807, 2.05) is 25.1 Å². The van der Waals surface area contributed by atoms with E-state index in [1.165, 1.54) is 0 Å². The molecule has 1 saturated heterocycles. The highest BCUT2D eigenvalue weighted by Crippen LogP contribution is 2.18. The van der Waals surface area contributed by atoms with Crippen LogP contribution in [-0.4, -0.2) is 53.6 Å². The van der Waals surface area contributed by atoms with E-state index in [2.05, 4.69) is 10.6 Å². The minimum Gasteiger partial charge on any atom is -0.444 e. The smallest absolute Gasteiger partial charge is 0.408 e. The lowest BCUT2D eigenvalue weighted by Gasteiger charge is -2.23. The molecule has 1 aliphatic rings. The van der Waals surface area contributed by atoms with Gasteiger partial charge in [-0.1, -0.05) is 18.2 Å². The molecule has 0 aromatic heterocycles. The highest BCUT2D eigenvalue weighted by atomic mass is 16.6. The average molecular weight is 361 g/mol. The molecule has 1 heterocycles. The maximum absolute atomic E-state index is 12.4. The number of hydrogen-bond donors (Lipinski definition) is 2. The van der Waals surface area contributed by atoms with E-state index < -0.39 is 11.7 Å². The molecule has 2 atom stereocenters. The van der Waals surface area contributed by atoms with E-state index in [0.29, 0.717) is 18.5 Å². The van der Waals surface area contributed by atoms with Gasteiger partial charge in [0.2, 0.25) is 5.91 Å². The number of carbonyl (C=O) groups is 3. The SMILES string of the molecule is C[C@@H]1C[C@@H](NC(=O)c2ccccc2)CN1C(=O)CNC(=O)OC(C)(C)C. The van der Waals surface area contributed by atoms with Crippen molar-refractivity contribution in [1.29, 1.82) is 0 Å². The van der Waals surface area contributed by atoms with Crippen molar-refractivity contribution in [3.05, 3.63) is 35.9 Å². The molecular formula is C19H27N3O4. The molecule has 2 N–H and O–H groups in total. The van der Waals surface area contributed by atoms with Crippen LogP contribution in [0.4, 0.5) is 4.79 Å². The van der Waals surface area contributed by atoms with Crippen molar-refractivity contribution in [2.45, 2.75) is 51.8 Å². The highest BCUT2D eigenvalue weighted by molar-refractivity contribution is 5.94. The largest absolute Gasteiger partial charge is 0.444 e. The van der Waals surface area contributed by atoms with E-state index in [1.54, 1.807) is 37.8 Å². The molecule has 0 saturated carbocycles. The maximum Gasteiger partial charge on any atom is 0.408 e. The summed E-state index contributed by atoms with van der Waals surface area (Å²) in [7, 11) is 0. The maximum atomic E-state index is 12.4. The summed E-state index contributed by atoms with van der Waals surface area (Å²) < 4.78 is 5.12. The number of hydrogen-bond acceptors (Lipinski definition) is 4. The lowest BCUT2D eigenvalue weighted by molar-refractivity contribution is -0.130. The molecule has 0 radical (unpaired) electrons. The molecule has 0 spiro atoms. The van der Waals surface area contributed by atoms with Crippen LogP contribution >= 0.6 is 0 Å². The quantitative estimate of drug-likeness (QED) is 0.858. The van der Waals surface area contributed by atoms with E-state index in [0.717, 1.165) is 0 Å². The molecule has 26 heavy (non-hydrogen) atoms. The van der Waals surface area contributed by atoms with Crippen molar-refractivity contribution in [2.75, 3.05) is 13.1 Å². The van der Waals surface area contributed by atoms with Crippen molar-refractivity contribution >= 4 is 17.9 Å². The highest BCUT2D eigenvalue weighted by Gasteiger charge is 2.33. The fourth-order valence-electron chi connectivity index (χ4n) is 2.90. The van der Waals surface area contributed by atoms with E-state index >= 15 is 0 Å². The van der Waals surface area contributed by atoms with Gasteiger partial charge in [-0.3, -0.25) is 9.59 Å². The number of nitrogens with one attached hydrogen (secondary N) is 2. The molecule has 1 aromatic rings. The topological polar surface area (TPSA) is 87.7 Å². The Bertz CT molecular complexity index is 654. The summed E-state index contributed by atoms with van der Waals surface area (Å²) in [6.07, 6.45) is 0.0585. The van der Waals surface area contributed by atoms with Gasteiger partial charge in [0, 0.05) is 24.2 Å². The van der Waals surface area contributed by atoms with Crippen molar-refractivity contribution in [1.82, 2.24) is 15.5 Å². The third-order valence-corrected chi connectivity index (χ3v) is 4.05. The van der Waals surface area contributed by atoms with Gasteiger partial charge in [-0.15, -0.1) is 0 Å². The molecule has 2 rings (SSSR count). The second kappa shape index (κ2) is 8.21. The fraction of sp³-hybridized carbons (Fsp3) is 0.526. The molecular weight excluding hydrogens is 334 g/mol. The van der Waals surface area contributed by atoms with Crippen molar-refractivity contribution in [3.63, 3.8) is 0 Å². The summed E-state index contributed by atoms with van der Waals surface area (Å²) >= 11 is 0. The second-order valence-corrected chi connectivity index (χ2v) is 7.52. The first-order chi connectivity index (χ1) is 12.2. The number of carbonyl (C=O) groups excluding carboxylic acids is 3. The first-order valence-corrected chi connectivity index (χ1v) is 8.78. The minimum absolute atomic E-state index is 0.0102. The Morgan fingerprint density at radius 2 is 1.85 bits per heavy atom. The number of benzene rings is 1. The van der Waals surface area contributed by atoms with E-state index in [9.17, 15) is 14.4 Å². The lowest BCUT2D eigenvalue weighted by atomic mass is 10.1. The van der Waals surface area contributed by atoms with Gasteiger partial charge in [-0.25, -0.2) is 4.79 Å². The van der Waals surface area contributed by atoms with Crippen LogP contribution in [0.1, 0.15) is 44.5 Å². The van der Waals surface area contributed by atoms with Crippen LogP contribution < -0.4 is 10.6 Å². The summed E-state index contributed by atoms with van der Waals surface area (Å²) in [6.45, 7) is 7.51. The van der Waals surface area contributed by atoms with E-state index in [-0.39, 0.29) is 30.4 Å². The van der Waals surface area contributed by atoms with Gasteiger partial charge in [0.15, 0.2) is 0 Å². The predicted octanol–water partition coefficient (Wildman–Crippen LogP) is 1.93. The zero-order chi connectivity index (χ0) is 19.3. The zero-order valence-electron chi connectivity index (χ0n) is 15.7. The summed E-state index contributed by atoms with van der Waals surface area (Å²) in [4.78, 5) is 38.0. The molecule has 1 aromatic carbocycles. The molecule has 142 valence electrons. The number of amides is 3. The molecule has 0 aliphatic carbocycles. The van der Waals surface area contributed by atoms with Crippen LogP contribution in [0.25, 0.3) is 0 Å². The first-order valence-electron chi connectivity index (χ1n) is 8.78. The Labute approximate surface area is 154 Å². The van der Waals surface area contributed by atoms with Crippen LogP contribution in [0.3, 0.4) is 0 Å². The van der Waals surface area contributed by atoms with Gasteiger partial charge in [0.25, 0.3) is 5.91 Å². The van der Waals surface area contributed by atoms with Gasteiger partial charge < -0.3 is 20.3 Å². The van der Waals surface area contributed by atoms with Crippen molar-refractivity contribution < 1.29 is 19.1 Å².